The number of carbonyl (C=O) groups is 1. The predicted molar refractivity (Wildman–Crippen MR) is 59.4 cm³/mol. The van der Waals surface area contributed by atoms with Gasteiger partial charge in [-0.25, -0.2) is 0 Å². The van der Waals surface area contributed by atoms with E-state index >= 15 is 0 Å². The van der Waals surface area contributed by atoms with Crippen LogP contribution in [-0.2, 0) is 9.53 Å². The molecule has 0 aromatic heterocycles. The van der Waals surface area contributed by atoms with Crippen LogP contribution in [0.15, 0.2) is 0 Å². The summed E-state index contributed by atoms with van der Waals surface area (Å²) in [7, 11) is 0. The van der Waals surface area contributed by atoms with Crippen molar-refractivity contribution in [2.24, 2.45) is 11.7 Å². The first-order valence-electron chi connectivity index (χ1n) is 5.85. The first-order chi connectivity index (χ1) is 7.24. The normalized spacial score (nSPS) is 17.5. The second-order valence-electron chi connectivity index (χ2n) is 4.20. The van der Waals surface area contributed by atoms with E-state index in [9.17, 15) is 4.79 Å². The monoisotopic (exact) mass is 214 g/mol. The molecule has 0 aromatic rings. The van der Waals surface area contributed by atoms with Gasteiger partial charge in [0.15, 0.2) is 0 Å². The maximum atomic E-state index is 11.4. The Bertz CT molecular complexity index is 193. The summed E-state index contributed by atoms with van der Waals surface area (Å²) in [6.45, 7) is 4.03. The summed E-state index contributed by atoms with van der Waals surface area (Å²) in [5.41, 5.74) is 5.65. The summed E-state index contributed by atoms with van der Waals surface area (Å²) >= 11 is 0. The van der Waals surface area contributed by atoms with Gasteiger partial charge in [-0.1, -0.05) is 13.3 Å². The lowest BCUT2D eigenvalue weighted by molar-refractivity contribution is -0.122. The highest BCUT2D eigenvalue weighted by Crippen LogP contribution is 2.28. The Balaban J connectivity index is 1.90. The topological polar surface area (TPSA) is 64.4 Å². The number of rotatable bonds is 8. The molecule has 88 valence electrons. The Hall–Kier alpha value is -0.610. The van der Waals surface area contributed by atoms with Crippen LogP contribution >= 0.6 is 0 Å². The van der Waals surface area contributed by atoms with Crippen LogP contribution in [0.25, 0.3) is 0 Å². The molecular formula is C11H22N2O2. The lowest BCUT2D eigenvalue weighted by atomic mass is 10.2. The molecule has 1 aliphatic rings. The molecule has 0 aliphatic heterocycles. The third-order valence-corrected chi connectivity index (χ3v) is 2.53. The Morgan fingerprint density at radius 3 is 2.93 bits per heavy atom. The second kappa shape index (κ2) is 6.80. The number of hydrogen-bond donors (Lipinski definition) is 2. The highest BCUT2D eigenvalue weighted by Gasteiger charge is 2.20. The molecule has 0 radical (unpaired) electrons. The molecule has 0 aromatic carbocycles. The number of amides is 1. The van der Waals surface area contributed by atoms with Crippen molar-refractivity contribution in [3.63, 3.8) is 0 Å². The van der Waals surface area contributed by atoms with Gasteiger partial charge in [0, 0.05) is 13.2 Å². The van der Waals surface area contributed by atoms with Crippen LogP contribution in [0, 0.1) is 5.92 Å². The Labute approximate surface area is 91.5 Å². The third kappa shape index (κ3) is 5.74. The van der Waals surface area contributed by atoms with Gasteiger partial charge in [0.1, 0.15) is 0 Å². The summed E-state index contributed by atoms with van der Waals surface area (Å²) in [5.74, 6) is 0.718. The summed E-state index contributed by atoms with van der Waals surface area (Å²) in [6.07, 6.45) is 4.28. The van der Waals surface area contributed by atoms with Crippen LogP contribution in [0.4, 0.5) is 0 Å². The zero-order chi connectivity index (χ0) is 11.1. The van der Waals surface area contributed by atoms with Crippen LogP contribution in [0.2, 0.25) is 0 Å². The zero-order valence-corrected chi connectivity index (χ0v) is 9.50. The minimum atomic E-state index is -0.363. The van der Waals surface area contributed by atoms with Crippen LogP contribution in [0.5, 0.6) is 0 Å². The summed E-state index contributed by atoms with van der Waals surface area (Å²) in [6, 6.07) is -0.363. The molecule has 4 nitrogen and oxygen atoms in total. The molecule has 3 N–H and O–H groups in total. The zero-order valence-electron chi connectivity index (χ0n) is 9.50. The van der Waals surface area contributed by atoms with Crippen molar-refractivity contribution < 1.29 is 9.53 Å². The summed E-state index contributed by atoms with van der Waals surface area (Å²) in [4.78, 5) is 11.4. The second-order valence-corrected chi connectivity index (χ2v) is 4.20. The number of nitrogens with one attached hydrogen (secondary N) is 1. The molecule has 1 atom stereocenters. The van der Waals surface area contributed by atoms with Gasteiger partial charge >= 0.3 is 0 Å². The molecule has 1 rings (SSSR count). The molecule has 1 amide bonds. The third-order valence-electron chi connectivity index (χ3n) is 2.53. The minimum absolute atomic E-state index is 0.0631. The van der Waals surface area contributed by atoms with E-state index in [1.165, 1.54) is 12.8 Å². The van der Waals surface area contributed by atoms with E-state index in [0.29, 0.717) is 13.2 Å². The highest BCUT2D eigenvalue weighted by molar-refractivity contribution is 5.81. The predicted octanol–water partition coefficient (Wildman–Crippen LogP) is 0.657. The average Bonchev–Trinajstić information content (AvgIpc) is 3.01. The van der Waals surface area contributed by atoms with Crippen molar-refractivity contribution >= 4 is 5.91 Å². The van der Waals surface area contributed by atoms with Gasteiger partial charge in [-0.15, -0.1) is 0 Å². The summed E-state index contributed by atoms with van der Waals surface area (Å²) < 4.78 is 5.39. The Morgan fingerprint density at radius 1 is 1.60 bits per heavy atom. The van der Waals surface area contributed by atoms with E-state index in [1.807, 2.05) is 6.92 Å². The first kappa shape index (κ1) is 12.5. The molecule has 0 saturated heterocycles. The number of carbonyl (C=O) groups excluding carboxylic acids is 1. The van der Waals surface area contributed by atoms with E-state index < -0.39 is 0 Å². The summed E-state index contributed by atoms with van der Waals surface area (Å²) in [5, 5.41) is 2.77. The van der Waals surface area contributed by atoms with Crippen LogP contribution in [0.1, 0.15) is 32.6 Å². The van der Waals surface area contributed by atoms with Gasteiger partial charge < -0.3 is 15.8 Å². The van der Waals surface area contributed by atoms with Gasteiger partial charge in [0.2, 0.25) is 5.91 Å². The fourth-order valence-corrected chi connectivity index (χ4v) is 1.35. The van der Waals surface area contributed by atoms with E-state index in [2.05, 4.69) is 5.32 Å². The molecule has 1 fully saturated rings. The SMILES string of the molecule is CCC[C@H](N)C(=O)NCCOCC1CC1. The van der Waals surface area contributed by atoms with Gasteiger partial charge in [-0.05, 0) is 25.2 Å². The van der Waals surface area contributed by atoms with Crippen LogP contribution < -0.4 is 11.1 Å². The van der Waals surface area contributed by atoms with Crippen molar-refractivity contribution in [3.8, 4) is 0 Å². The Morgan fingerprint density at radius 2 is 2.33 bits per heavy atom. The molecular weight excluding hydrogens is 192 g/mol. The first-order valence-corrected chi connectivity index (χ1v) is 5.85. The van der Waals surface area contributed by atoms with Gasteiger partial charge in [-0.2, -0.15) is 0 Å². The maximum Gasteiger partial charge on any atom is 0.236 e. The lowest BCUT2D eigenvalue weighted by Crippen LogP contribution is -2.41. The van der Waals surface area contributed by atoms with Crippen molar-refractivity contribution in [2.45, 2.75) is 38.6 Å². The number of hydrogen-bond acceptors (Lipinski definition) is 3. The average molecular weight is 214 g/mol. The van der Waals surface area contributed by atoms with Crippen molar-refractivity contribution in [1.29, 1.82) is 0 Å². The maximum absolute atomic E-state index is 11.4. The minimum Gasteiger partial charge on any atom is -0.379 e. The van der Waals surface area contributed by atoms with Crippen molar-refractivity contribution in [1.82, 2.24) is 5.32 Å². The van der Waals surface area contributed by atoms with Crippen LogP contribution in [0.3, 0.4) is 0 Å². The van der Waals surface area contributed by atoms with E-state index in [1.54, 1.807) is 0 Å². The van der Waals surface area contributed by atoms with Gasteiger partial charge in [0.25, 0.3) is 0 Å². The van der Waals surface area contributed by atoms with E-state index in [0.717, 1.165) is 25.4 Å². The molecule has 15 heavy (non-hydrogen) atoms. The number of ether oxygens (including phenoxy) is 1. The fourth-order valence-electron chi connectivity index (χ4n) is 1.35. The van der Waals surface area contributed by atoms with Gasteiger partial charge in [0.05, 0.1) is 12.6 Å². The van der Waals surface area contributed by atoms with E-state index in [-0.39, 0.29) is 11.9 Å². The van der Waals surface area contributed by atoms with E-state index in [4.69, 9.17) is 10.5 Å². The molecule has 4 heteroatoms. The highest BCUT2D eigenvalue weighted by atomic mass is 16.5. The standard InChI is InChI=1S/C11H22N2O2/c1-2-3-10(12)11(14)13-6-7-15-8-9-4-5-9/h9-10H,2-8,12H2,1H3,(H,13,14)/t10-/m0/s1. The Kier molecular flexibility index (Phi) is 5.65. The van der Waals surface area contributed by atoms with Crippen molar-refractivity contribution in [2.75, 3.05) is 19.8 Å². The quantitative estimate of drug-likeness (QED) is 0.583. The molecule has 1 aliphatic carbocycles. The largest absolute Gasteiger partial charge is 0.379 e. The molecule has 1 saturated carbocycles. The smallest absolute Gasteiger partial charge is 0.236 e. The lowest BCUT2D eigenvalue weighted by Gasteiger charge is -2.11. The molecule has 0 spiro atoms. The van der Waals surface area contributed by atoms with Crippen LogP contribution in [-0.4, -0.2) is 31.7 Å². The molecule has 0 unspecified atom stereocenters. The fraction of sp³-hybridized carbons (Fsp3) is 0.909. The molecule has 0 bridgehead atoms. The molecule has 0 heterocycles. The van der Waals surface area contributed by atoms with Crippen molar-refractivity contribution in [3.05, 3.63) is 0 Å². The number of nitrogens with two attached hydrogens (primary N) is 1. The van der Waals surface area contributed by atoms with Gasteiger partial charge in [-0.3, -0.25) is 4.79 Å².